The van der Waals surface area contributed by atoms with Crippen molar-refractivity contribution in [2.75, 3.05) is 5.32 Å². The Balaban J connectivity index is 1.41. The summed E-state index contributed by atoms with van der Waals surface area (Å²) in [5.74, 6) is -4.07. The van der Waals surface area contributed by atoms with Gasteiger partial charge in [0.25, 0.3) is 17.4 Å². The Morgan fingerprint density at radius 2 is 1.60 bits per heavy atom. The predicted octanol–water partition coefficient (Wildman–Crippen LogP) is 2.43. The van der Waals surface area contributed by atoms with Gasteiger partial charge in [-0.15, -0.1) is 0 Å². The van der Waals surface area contributed by atoms with E-state index in [1.807, 2.05) is 24.3 Å². The second-order valence-corrected chi connectivity index (χ2v) is 9.89. The number of hydrogen-bond acceptors (Lipinski definition) is 9. The normalized spacial score (nSPS) is 17.1. The van der Waals surface area contributed by atoms with E-state index < -0.39 is 47.3 Å². The van der Waals surface area contributed by atoms with Crippen molar-refractivity contribution in [1.82, 2.24) is 15.6 Å². The third kappa shape index (κ3) is 8.15. The van der Waals surface area contributed by atoms with E-state index in [4.69, 9.17) is 15.6 Å². The van der Waals surface area contributed by atoms with Crippen LogP contribution in [0, 0.1) is 0 Å². The van der Waals surface area contributed by atoms with E-state index in [1.54, 1.807) is 42.5 Å². The average Bonchev–Trinajstić information content (AvgIpc) is 3.04. The van der Waals surface area contributed by atoms with E-state index in [2.05, 4.69) is 15.6 Å². The second-order valence-electron chi connectivity index (χ2n) is 9.89. The lowest BCUT2D eigenvalue weighted by atomic mass is 10.0. The third-order valence-electron chi connectivity index (χ3n) is 6.55. The molecule has 0 bridgehead atoms. The molecular weight excluding hydrogens is 556 g/mol. The van der Waals surface area contributed by atoms with E-state index in [0.29, 0.717) is 10.9 Å². The number of aromatic nitrogens is 1. The summed E-state index contributed by atoms with van der Waals surface area (Å²) in [5.41, 5.74) is -0.672. The fourth-order valence-electron chi connectivity index (χ4n) is 4.00. The number of pyridine rings is 1. The van der Waals surface area contributed by atoms with Gasteiger partial charge in [0.1, 0.15) is 25.3 Å². The van der Waals surface area contributed by atoms with Gasteiger partial charge in [-0.1, -0.05) is 60.7 Å². The minimum absolute atomic E-state index is 0.0387. The maximum atomic E-state index is 13.3. The van der Waals surface area contributed by atoms with Crippen LogP contribution in [0.4, 0.5) is 5.82 Å². The van der Waals surface area contributed by atoms with Gasteiger partial charge in [-0.2, -0.15) is 0 Å². The van der Waals surface area contributed by atoms with Crippen LogP contribution in [0.1, 0.15) is 37.8 Å². The number of carbonyl (C=O) groups excluding carboxylic acids is 5. The molecule has 0 saturated carbocycles. The highest BCUT2D eigenvalue weighted by Crippen LogP contribution is 2.31. The smallest absolute Gasteiger partial charge is 0.328 e. The fourth-order valence-corrected chi connectivity index (χ4v) is 4.00. The highest BCUT2D eigenvalue weighted by molar-refractivity contribution is 6.15. The zero-order valence-electron chi connectivity index (χ0n) is 24.6. The molecule has 3 aromatic rings. The van der Waals surface area contributed by atoms with Crippen LogP contribution in [0.2, 0.25) is 1.41 Å². The lowest BCUT2D eigenvalue weighted by molar-refractivity contribution is -0.150. The Kier molecular flexibility index (Phi) is 9.57. The van der Waals surface area contributed by atoms with Gasteiger partial charge in [0.05, 0.1) is 0 Å². The summed E-state index contributed by atoms with van der Waals surface area (Å²) in [5, 5.41) is 5.24. The number of anilines is 1. The molecule has 1 unspecified atom stereocenters. The van der Waals surface area contributed by atoms with Gasteiger partial charge in [0, 0.05) is 12.6 Å². The average molecular weight is 590 g/mol. The standard InChI is InChI=1S/C31H32N4O8/c1-20(33-29(39)31(2)30(40)35-26-24(43-31)14-9-17-32-26)27(37)34-23(28(38)42-19-22-12-7-4-8-13-22)15-16-25(36)41-18-21-10-5-3-6-11-21/h3-14,17,20,23H,15-16,18-19H2,1-2H3,(H,33,39)(H,34,37)(H,32,35,40)/t20-,23-,31?/m0/s1/i/hD. The molecule has 0 fully saturated rings. The molecule has 224 valence electrons. The largest absolute Gasteiger partial charge is 0.464 e. The molecule has 4 rings (SSSR count). The number of nitrogens with one attached hydrogen (secondary N) is 3. The van der Waals surface area contributed by atoms with E-state index in [1.165, 1.54) is 26.1 Å². The molecule has 12 heteroatoms. The maximum Gasteiger partial charge on any atom is 0.328 e. The zero-order valence-corrected chi connectivity index (χ0v) is 23.6. The summed E-state index contributed by atoms with van der Waals surface area (Å²) in [6.45, 7) is 2.39. The number of hydrogen-bond donors (Lipinski definition) is 3. The van der Waals surface area contributed by atoms with Gasteiger partial charge in [0.2, 0.25) is 5.91 Å². The summed E-state index contributed by atoms with van der Waals surface area (Å²) < 4.78 is 24.6. The summed E-state index contributed by atoms with van der Waals surface area (Å²) >= 11 is 0. The van der Waals surface area contributed by atoms with Crippen molar-refractivity contribution in [2.24, 2.45) is 0 Å². The van der Waals surface area contributed by atoms with Crippen molar-refractivity contribution >= 4 is 35.5 Å². The summed E-state index contributed by atoms with van der Waals surface area (Å²) in [7, 11) is 0. The van der Waals surface area contributed by atoms with Gasteiger partial charge in [-0.05, 0) is 43.5 Å². The summed E-state index contributed by atoms with van der Waals surface area (Å²) in [6, 6.07) is 18.2. The predicted molar refractivity (Wildman–Crippen MR) is 153 cm³/mol. The number of amides is 3. The second kappa shape index (κ2) is 14.1. The van der Waals surface area contributed by atoms with Crippen molar-refractivity contribution < 1.29 is 39.6 Å². The van der Waals surface area contributed by atoms with Crippen LogP contribution in [-0.4, -0.2) is 52.3 Å². The van der Waals surface area contributed by atoms with Crippen LogP contribution in [0.5, 0.6) is 5.75 Å². The maximum absolute atomic E-state index is 13.3. The number of fused-ring (bicyclic) bond motifs is 1. The minimum Gasteiger partial charge on any atom is -0.464 e. The molecule has 2 aromatic carbocycles. The Hall–Kier alpha value is -5.26. The Bertz CT molecular complexity index is 1510. The molecule has 1 aromatic heterocycles. The Labute approximate surface area is 249 Å². The lowest BCUT2D eigenvalue weighted by Crippen LogP contribution is -2.62. The number of esters is 2. The molecule has 12 nitrogen and oxygen atoms in total. The van der Waals surface area contributed by atoms with E-state index in [-0.39, 0.29) is 37.6 Å². The Morgan fingerprint density at radius 3 is 2.26 bits per heavy atom. The van der Waals surface area contributed by atoms with Gasteiger partial charge in [-0.3, -0.25) is 19.2 Å². The number of carbonyl (C=O) groups is 5. The lowest BCUT2D eigenvalue weighted by Gasteiger charge is -2.33. The molecule has 0 saturated heterocycles. The molecule has 1 aliphatic rings. The monoisotopic (exact) mass is 589 g/mol. The minimum atomic E-state index is -2.16. The first-order chi connectivity index (χ1) is 21.1. The molecule has 1 aliphatic heterocycles. The third-order valence-corrected chi connectivity index (χ3v) is 6.55. The fraction of sp³-hybridized carbons (Fsp3) is 0.290. The van der Waals surface area contributed by atoms with E-state index in [0.717, 1.165) is 5.56 Å². The molecular formula is C31H32N4O8. The van der Waals surface area contributed by atoms with Crippen LogP contribution < -0.4 is 20.7 Å². The van der Waals surface area contributed by atoms with Crippen LogP contribution in [0.25, 0.3) is 0 Å². The molecule has 3 amide bonds. The van der Waals surface area contributed by atoms with Crippen molar-refractivity contribution in [3.8, 4) is 5.75 Å². The molecule has 0 spiro atoms. The number of ether oxygens (including phenoxy) is 3. The molecule has 0 radical (unpaired) electrons. The number of nitrogens with zero attached hydrogens (tertiary/aromatic N) is 1. The van der Waals surface area contributed by atoms with E-state index in [9.17, 15) is 24.0 Å². The topological polar surface area (TPSA) is 162 Å². The first-order valence-electron chi connectivity index (χ1n) is 14.0. The zero-order chi connectivity index (χ0) is 31.7. The first-order valence-corrected chi connectivity index (χ1v) is 13.6. The molecule has 0 aliphatic carbocycles. The number of rotatable bonds is 12. The van der Waals surface area contributed by atoms with Gasteiger partial charge < -0.3 is 30.2 Å². The van der Waals surface area contributed by atoms with Crippen LogP contribution in [0.15, 0.2) is 79.0 Å². The van der Waals surface area contributed by atoms with Gasteiger partial charge in [-0.25, -0.2) is 9.78 Å². The van der Waals surface area contributed by atoms with Crippen LogP contribution in [-0.2, 0) is 46.7 Å². The summed E-state index contributed by atoms with van der Waals surface area (Å²) in [4.78, 5) is 68.7. The Morgan fingerprint density at radius 1 is 0.977 bits per heavy atom. The van der Waals surface area contributed by atoms with Crippen molar-refractivity contribution in [2.45, 2.75) is 57.6 Å². The van der Waals surface area contributed by atoms with Crippen molar-refractivity contribution in [3.63, 3.8) is 0 Å². The summed E-state index contributed by atoms with van der Waals surface area (Å²) in [6.07, 6.45) is 1.04. The number of benzene rings is 2. The highest BCUT2D eigenvalue weighted by Gasteiger charge is 2.48. The molecule has 3 N–H and O–H groups in total. The quantitative estimate of drug-likeness (QED) is 0.213. The van der Waals surface area contributed by atoms with Gasteiger partial charge >= 0.3 is 11.9 Å². The van der Waals surface area contributed by atoms with Crippen molar-refractivity contribution in [1.29, 1.82) is 0 Å². The highest BCUT2D eigenvalue weighted by atomic mass is 16.5. The molecule has 3 atom stereocenters. The SMILES string of the molecule is [2H]N(C(=O)C1(C)Oc2cccnc2NC1=O)[C@@H](C)C(=O)N[C@@H](CCC(=O)OCc1ccccc1)C(=O)OCc1ccccc1. The van der Waals surface area contributed by atoms with Crippen LogP contribution >= 0.6 is 0 Å². The van der Waals surface area contributed by atoms with Gasteiger partial charge in [0.15, 0.2) is 13.0 Å². The van der Waals surface area contributed by atoms with Crippen LogP contribution in [0.3, 0.4) is 0 Å². The van der Waals surface area contributed by atoms with E-state index >= 15 is 0 Å². The van der Waals surface area contributed by atoms with Crippen molar-refractivity contribution in [3.05, 3.63) is 90.1 Å². The molecule has 43 heavy (non-hydrogen) atoms. The first kappa shape index (κ1) is 29.2. The molecule has 2 heterocycles.